The van der Waals surface area contributed by atoms with Crippen LogP contribution in [-0.4, -0.2) is 51.6 Å². The Balaban J connectivity index is 2.22. The SMILES string of the molecule is C=CC(=O)OCCOCCOc1ccccc1OCCOC(=O)C=C. The molecule has 0 N–H and O–H groups in total. The maximum absolute atomic E-state index is 10.9. The fraction of sp³-hybridized carbons (Fsp3) is 0.333. The van der Waals surface area contributed by atoms with E-state index in [0.29, 0.717) is 24.7 Å². The number of esters is 2. The molecule has 136 valence electrons. The van der Waals surface area contributed by atoms with E-state index in [0.717, 1.165) is 12.2 Å². The number of carbonyl (C=O) groups is 2. The Hall–Kier alpha value is -2.80. The minimum absolute atomic E-state index is 0.117. The lowest BCUT2D eigenvalue weighted by atomic mass is 10.3. The van der Waals surface area contributed by atoms with Crippen molar-refractivity contribution in [3.8, 4) is 11.5 Å². The van der Waals surface area contributed by atoms with Crippen LogP contribution in [0.15, 0.2) is 49.6 Å². The molecule has 0 fully saturated rings. The van der Waals surface area contributed by atoms with Crippen molar-refractivity contribution in [2.24, 2.45) is 0 Å². The number of carbonyl (C=O) groups excluding carboxylic acids is 2. The van der Waals surface area contributed by atoms with E-state index in [1.807, 2.05) is 12.1 Å². The molecular formula is C18H22O7. The zero-order valence-electron chi connectivity index (χ0n) is 14.0. The van der Waals surface area contributed by atoms with Gasteiger partial charge in [0.05, 0.1) is 13.2 Å². The second-order valence-corrected chi connectivity index (χ2v) is 4.50. The quantitative estimate of drug-likeness (QED) is 0.305. The Labute approximate surface area is 146 Å². The number of benzene rings is 1. The molecule has 1 rings (SSSR count). The van der Waals surface area contributed by atoms with Crippen molar-refractivity contribution in [2.75, 3.05) is 39.6 Å². The van der Waals surface area contributed by atoms with Gasteiger partial charge in [-0.05, 0) is 12.1 Å². The Morgan fingerprint density at radius 2 is 1.20 bits per heavy atom. The molecule has 0 bridgehead atoms. The van der Waals surface area contributed by atoms with Gasteiger partial charge < -0.3 is 23.7 Å². The molecule has 0 radical (unpaired) electrons. The molecule has 0 atom stereocenters. The molecule has 25 heavy (non-hydrogen) atoms. The first-order valence-electron chi connectivity index (χ1n) is 7.68. The highest BCUT2D eigenvalue weighted by Crippen LogP contribution is 2.26. The lowest BCUT2D eigenvalue weighted by Crippen LogP contribution is -2.13. The summed E-state index contributed by atoms with van der Waals surface area (Å²) >= 11 is 0. The van der Waals surface area contributed by atoms with Gasteiger partial charge in [-0.2, -0.15) is 0 Å². The molecule has 1 aromatic rings. The zero-order chi connectivity index (χ0) is 18.3. The summed E-state index contributed by atoms with van der Waals surface area (Å²) in [6.07, 6.45) is 2.19. The lowest BCUT2D eigenvalue weighted by molar-refractivity contribution is -0.139. The van der Waals surface area contributed by atoms with E-state index in [2.05, 4.69) is 13.2 Å². The van der Waals surface area contributed by atoms with E-state index < -0.39 is 11.9 Å². The summed E-state index contributed by atoms with van der Waals surface area (Å²) in [5, 5.41) is 0. The Morgan fingerprint density at radius 1 is 0.760 bits per heavy atom. The predicted octanol–water partition coefficient (Wildman–Crippen LogP) is 1.92. The van der Waals surface area contributed by atoms with Gasteiger partial charge in [-0.15, -0.1) is 0 Å². The van der Waals surface area contributed by atoms with Gasteiger partial charge in [0.25, 0.3) is 0 Å². The molecule has 0 unspecified atom stereocenters. The molecule has 0 saturated heterocycles. The summed E-state index contributed by atoms with van der Waals surface area (Å²) in [5.74, 6) is 0.116. The summed E-state index contributed by atoms with van der Waals surface area (Å²) in [7, 11) is 0. The van der Waals surface area contributed by atoms with Crippen molar-refractivity contribution in [2.45, 2.75) is 0 Å². The lowest BCUT2D eigenvalue weighted by Gasteiger charge is -2.12. The van der Waals surface area contributed by atoms with Crippen LogP contribution in [0.3, 0.4) is 0 Å². The predicted molar refractivity (Wildman–Crippen MR) is 90.6 cm³/mol. The Morgan fingerprint density at radius 3 is 1.72 bits per heavy atom. The Bertz CT molecular complexity index is 568. The number of ether oxygens (including phenoxy) is 5. The number of para-hydroxylation sites is 2. The molecule has 0 saturated carbocycles. The van der Waals surface area contributed by atoms with Gasteiger partial charge in [-0.25, -0.2) is 9.59 Å². The van der Waals surface area contributed by atoms with Crippen LogP contribution in [0.4, 0.5) is 0 Å². The van der Waals surface area contributed by atoms with Crippen LogP contribution >= 0.6 is 0 Å². The average Bonchev–Trinajstić information content (AvgIpc) is 2.64. The van der Waals surface area contributed by atoms with Crippen molar-refractivity contribution < 1.29 is 33.3 Å². The fourth-order valence-corrected chi connectivity index (χ4v) is 1.61. The number of rotatable bonds is 13. The fourth-order valence-electron chi connectivity index (χ4n) is 1.61. The summed E-state index contributed by atoms with van der Waals surface area (Å²) in [5.41, 5.74) is 0. The van der Waals surface area contributed by atoms with Crippen LogP contribution < -0.4 is 9.47 Å². The van der Waals surface area contributed by atoms with Crippen LogP contribution in [0.1, 0.15) is 0 Å². The van der Waals surface area contributed by atoms with E-state index in [1.165, 1.54) is 0 Å². The number of hydrogen-bond acceptors (Lipinski definition) is 7. The van der Waals surface area contributed by atoms with Crippen LogP contribution in [0.25, 0.3) is 0 Å². The first-order valence-corrected chi connectivity index (χ1v) is 7.68. The van der Waals surface area contributed by atoms with Gasteiger partial charge in [0.1, 0.15) is 26.4 Å². The summed E-state index contributed by atoms with van der Waals surface area (Å²) in [6.45, 7) is 7.99. The normalized spacial score (nSPS) is 9.76. The van der Waals surface area contributed by atoms with Gasteiger partial charge in [0, 0.05) is 12.2 Å². The zero-order valence-corrected chi connectivity index (χ0v) is 14.0. The van der Waals surface area contributed by atoms with E-state index in [9.17, 15) is 9.59 Å². The van der Waals surface area contributed by atoms with E-state index >= 15 is 0 Å². The van der Waals surface area contributed by atoms with E-state index in [1.54, 1.807) is 12.1 Å². The maximum atomic E-state index is 10.9. The first kappa shape index (κ1) is 20.2. The minimum Gasteiger partial charge on any atom is -0.487 e. The summed E-state index contributed by atoms with van der Waals surface area (Å²) in [6, 6.07) is 7.13. The molecule has 0 spiro atoms. The monoisotopic (exact) mass is 350 g/mol. The molecular weight excluding hydrogens is 328 g/mol. The number of hydrogen-bond donors (Lipinski definition) is 0. The molecule has 0 aliphatic heterocycles. The van der Waals surface area contributed by atoms with Crippen LogP contribution in [0, 0.1) is 0 Å². The van der Waals surface area contributed by atoms with Crippen molar-refractivity contribution in [1.82, 2.24) is 0 Å². The standard InChI is InChI=1S/C18H22O7/c1-3-17(19)24-12-10-21-9-11-22-15-7-5-6-8-16(15)23-13-14-25-18(20)4-2/h3-8H,1-2,9-14H2. The molecule has 7 nitrogen and oxygen atoms in total. The highest BCUT2D eigenvalue weighted by Gasteiger charge is 2.05. The highest BCUT2D eigenvalue weighted by atomic mass is 16.6. The molecule has 0 aliphatic rings. The molecule has 0 amide bonds. The third-order valence-corrected chi connectivity index (χ3v) is 2.72. The van der Waals surface area contributed by atoms with Gasteiger partial charge in [0.15, 0.2) is 11.5 Å². The third-order valence-electron chi connectivity index (χ3n) is 2.72. The van der Waals surface area contributed by atoms with E-state index in [-0.39, 0.29) is 26.4 Å². The van der Waals surface area contributed by atoms with Gasteiger partial charge in [-0.3, -0.25) is 0 Å². The van der Waals surface area contributed by atoms with E-state index in [4.69, 9.17) is 23.7 Å². The van der Waals surface area contributed by atoms with Crippen molar-refractivity contribution in [3.63, 3.8) is 0 Å². The maximum Gasteiger partial charge on any atom is 0.330 e. The smallest absolute Gasteiger partial charge is 0.330 e. The van der Waals surface area contributed by atoms with Crippen molar-refractivity contribution in [1.29, 1.82) is 0 Å². The van der Waals surface area contributed by atoms with Gasteiger partial charge in [-0.1, -0.05) is 25.3 Å². The molecule has 7 heteroatoms. The molecule has 0 aliphatic carbocycles. The topological polar surface area (TPSA) is 80.3 Å². The van der Waals surface area contributed by atoms with Crippen LogP contribution in [0.2, 0.25) is 0 Å². The molecule has 0 aromatic heterocycles. The second kappa shape index (κ2) is 12.6. The minimum atomic E-state index is -0.496. The largest absolute Gasteiger partial charge is 0.487 e. The van der Waals surface area contributed by atoms with Gasteiger partial charge in [0.2, 0.25) is 0 Å². The summed E-state index contributed by atoms with van der Waals surface area (Å²) in [4.78, 5) is 21.7. The van der Waals surface area contributed by atoms with Crippen molar-refractivity contribution >= 4 is 11.9 Å². The highest BCUT2D eigenvalue weighted by molar-refractivity contribution is 5.81. The average molecular weight is 350 g/mol. The molecule has 0 heterocycles. The van der Waals surface area contributed by atoms with Gasteiger partial charge >= 0.3 is 11.9 Å². The van der Waals surface area contributed by atoms with Crippen LogP contribution in [-0.2, 0) is 23.8 Å². The molecule has 1 aromatic carbocycles. The Kier molecular flexibility index (Phi) is 10.2. The van der Waals surface area contributed by atoms with Crippen molar-refractivity contribution in [3.05, 3.63) is 49.6 Å². The second-order valence-electron chi connectivity index (χ2n) is 4.50. The summed E-state index contributed by atoms with van der Waals surface area (Å²) < 4.78 is 26.0. The van der Waals surface area contributed by atoms with Crippen LogP contribution in [0.5, 0.6) is 11.5 Å². The third kappa shape index (κ3) is 9.17. The first-order chi connectivity index (χ1) is 12.2.